The van der Waals surface area contributed by atoms with Gasteiger partial charge in [0.15, 0.2) is 0 Å². The molecule has 0 saturated carbocycles. The monoisotopic (exact) mass is 163 g/mol. The highest BCUT2D eigenvalue weighted by Crippen LogP contribution is 2.30. The molecule has 0 N–H and O–H groups in total. The summed E-state index contributed by atoms with van der Waals surface area (Å²) in [5, 5.41) is 0. The van der Waals surface area contributed by atoms with Crippen LogP contribution in [0.1, 0.15) is 19.8 Å². The summed E-state index contributed by atoms with van der Waals surface area (Å²) in [5.41, 5.74) is 0.237. The molecular weight excluding hydrogens is 155 g/mol. The standard InChI is InChI=1S/C7H8F3N/c1-5-2-3-6(4-11-5)7(8,9)10/h4H,2-3H2,1H3. The van der Waals surface area contributed by atoms with Gasteiger partial charge in [-0.15, -0.1) is 0 Å². The summed E-state index contributed by atoms with van der Waals surface area (Å²) in [6, 6.07) is 0. The van der Waals surface area contributed by atoms with Gasteiger partial charge in [0.05, 0.1) is 5.57 Å². The lowest BCUT2D eigenvalue weighted by Gasteiger charge is -2.13. The van der Waals surface area contributed by atoms with Crippen molar-refractivity contribution in [1.82, 2.24) is 0 Å². The molecule has 0 radical (unpaired) electrons. The van der Waals surface area contributed by atoms with Gasteiger partial charge in [-0.25, -0.2) is 0 Å². The predicted molar refractivity (Wildman–Crippen MR) is 36.5 cm³/mol. The van der Waals surface area contributed by atoms with Gasteiger partial charge in [-0.1, -0.05) is 0 Å². The molecule has 62 valence electrons. The normalized spacial score (nSPS) is 19.3. The van der Waals surface area contributed by atoms with Gasteiger partial charge in [-0.2, -0.15) is 13.2 Å². The van der Waals surface area contributed by atoms with Crippen LogP contribution in [0.3, 0.4) is 0 Å². The molecule has 1 aliphatic heterocycles. The Kier molecular flexibility index (Phi) is 2.02. The summed E-state index contributed by atoms with van der Waals surface area (Å²) in [4.78, 5) is 3.61. The smallest absolute Gasteiger partial charge is 0.266 e. The van der Waals surface area contributed by atoms with Crippen molar-refractivity contribution in [2.75, 3.05) is 0 Å². The molecule has 11 heavy (non-hydrogen) atoms. The molecule has 1 heterocycles. The maximum atomic E-state index is 11.9. The Balaban J connectivity index is 2.77. The zero-order chi connectivity index (χ0) is 8.48. The Morgan fingerprint density at radius 2 is 2.00 bits per heavy atom. The van der Waals surface area contributed by atoms with Crippen LogP contribution in [-0.2, 0) is 0 Å². The molecule has 4 heteroatoms. The van der Waals surface area contributed by atoms with Crippen LogP contribution in [0.5, 0.6) is 0 Å². The van der Waals surface area contributed by atoms with Crippen molar-refractivity contribution in [2.24, 2.45) is 4.99 Å². The fraction of sp³-hybridized carbons (Fsp3) is 0.571. The summed E-state index contributed by atoms with van der Waals surface area (Å²) in [6.07, 6.45) is -2.78. The van der Waals surface area contributed by atoms with E-state index in [0.717, 1.165) is 11.9 Å². The molecule has 0 bridgehead atoms. The molecule has 0 amide bonds. The molecule has 0 saturated heterocycles. The molecule has 0 aliphatic carbocycles. The van der Waals surface area contributed by atoms with Gasteiger partial charge in [0, 0.05) is 11.9 Å². The van der Waals surface area contributed by atoms with Gasteiger partial charge >= 0.3 is 6.18 Å². The van der Waals surface area contributed by atoms with Crippen molar-refractivity contribution >= 4 is 5.71 Å². The number of hydrogen-bond acceptors (Lipinski definition) is 1. The summed E-state index contributed by atoms with van der Waals surface area (Å²) >= 11 is 0. The SMILES string of the molecule is CC1=NC=C(C(F)(F)F)CC1. The Morgan fingerprint density at radius 1 is 1.36 bits per heavy atom. The van der Waals surface area contributed by atoms with E-state index < -0.39 is 11.7 Å². The lowest BCUT2D eigenvalue weighted by atomic mass is 10.1. The van der Waals surface area contributed by atoms with E-state index in [0.29, 0.717) is 6.42 Å². The lowest BCUT2D eigenvalue weighted by molar-refractivity contribution is -0.0941. The summed E-state index contributed by atoms with van der Waals surface area (Å²) in [5.74, 6) is 0. The first-order valence-electron chi connectivity index (χ1n) is 3.29. The van der Waals surface area contributed by atoms with E-state index in [1.807, 2.05) is 0 Å². The van der Waals surface area contributed by atoms with Gasteiger partial charge in [-0.05, 0) is 19.8 Å². The molecule has 1 rings (SSSR count). The Labute approximate surface area is 62.6 Å². The lowest BCUT2D eigenvalue weighted by Crippen LogP contribution is -2.14. The van der Waals surface area contributed by atoms with Crippen LogP contribution in [0.25, 0.3) is 0 Å². The molecule has 0 unspecified atom stereocenters. The minimum Gasteiger partial charge on any atom is -0.266 e. The Hall–Kier alpha value is -0.800. The van der Waals surface area contributed by atoms with Gasteiger partial charge in [-0.3, -0.25) is 4.99 Å². The van der Waals surface area contributed by atoms with Crippen LogP contribution in [0, 0.1) is 0 Å². The molecule has 0 spiro atoms. The average Bonchev–Trinajstić information content (AvgIpc) is 1.86. The second-order valence-electron chi connectivity index (χ2n) is 2.52. The van der Waals surface area contributed by atoms with Gasteiger partial charge in [0.2, 0.25) is 0 Å². The highest BCUT2D eigenvalue weighted by atomic mass is 19.4. The third-order valence-corrected chi connectivity index (χ3v) is 1.56. The second-order valence-corrected chi connectivity index (χ2v) is 2.52. The fourth-order valence-electron chi connectivity index (χ4n) is 0.848. The summed E-state index contributed by atoms with van der Waals surface area (Å²) in [6.45, 7) is 1.73. The molecule has 1 aliphatic rings. The molecular formula is C7H8F3N. The summed E-state index contributed by atoms with van der Waals surface area (Å²) in [7, 11) is 0. The number of hydrogen-bond donors (Lipinski definition) is 0. The second kappa shape index (κ2) is 2.68. The topological polar surface area (TPSA) is 12.4 Å². The van der Waals surface area contributed by atoms with E-state index in [-0.39, 0.29) is 6.42 Å². The quantitative estimate of drug-likeness (QED) is 0.520. The van der Waals surface area contributed by atoms with Crippen molar-refractivity contribution in [1.29, 1.82) is 0 Å². The average molecular weight is 163 g/mol. The first-order valence-corrected chi connectivity index (χ1v) is 3.29. The van der Waals surface area contributed by atoms with E-state index in [2.05, 4.69) is 4.99 Å². The van der Waals surface area contributed by atoms with Crippen LogP contribution in [0.2, 0.25) is 0 Å². The number of nitrogens with zero attached hydrogens (tertiary/aromatic N) is 1. The zero-order valence-corrected chi connectivity index (χ0v) is 6.07. The van der Waals surface area contributed by atoms with E-state index in [1.165, 1.54) is 0 Å². The largest absolute Gasteiger partial charge is 0.414 e. The van der Waals surface area contributed by atoms with Crippen molar-refractivity contribution in [2.45, 2.75) is 25.9 Å². The predicted octanol–water partition coefficient (Wildman–Crippen LogP) is 2.69. The van der Waals surface area contributed by atoms with Crippen LogP contribution in [0.15, 0.2) is 16.8 Å². The third kappa shape index (κ3) is 2.06. The third-order valence-electron chi connectivity index (χ3n) is 1.56. The van der Waals surface area contributed by atoms with E-state index in [4.69, 9.17) is 0 Å². The number of halogens is 3. The highest BCUT2D eigenvalue weighted by molar-refractivity contribution is 5.83. The van der Waals surface area contributed by atoms with Crippen LogP contribution in [0.4, 0.5) is 13.2 Å². The minimum absolute atomic E-state index is 0.0683. The number of aliphatic imine (C=N–C) groups is 1. The number of rotatable bonds is 0. The van der Waals surface area contributed by atoms with Crippen molar-refractivity contribution in [3.05, 3.63) is 11.8 Å². The van der Waals surface area contributed by atoms with Crippen LogP contribution in [-0.4, -0.2) is 11.9 Å². The van der Waals surface area contributed by atoms with Crippen molar-refractivity contribution < 1.29 is 13.2 Å². The van der Waals surface area contributed by atoms with Gasteiger partial charge in [0.1, 0.15) is 0 Å². The maximum Gasteiger partial charge on any atom is 0.414 e. The Morgan fingerprint density at radius 3 is 2.36 bits per heavy atom. The van der Waals surface area contributed by atoms with Gasteiger partial charge in [0.25, 0.3) is 0 Å². The highest BCUT2D eigenvalue weighted by Gasteiger charge is 2.33. The van der Waals surface area contributed by atoms with E-state index >= 15 is 0 Å². The first kappa shape index (κ1) is 8.30. The Bertz CT molecular complexity index is 212. The molecule has 1 nitrogen and oxygen atoms in total. The number of alkyl halides is 3. The molecule has 0 fully saturated rings. The first-order chi connectivity index (χ1) is 5.00. The molecule has 0 aromatic rings. The van der Waals surface area contributed by atoms with Gasteiger partial charge < -0.3 is 0 Å². The molecule has 0 aromatic heterocycles. The van der Waals surface area contributed by atoms with Crippen molar-refractivity contribution in [3.63, 3.8) is 0 Å². The fourth-order valence-corrected chi connectivity index (χ4v) is 0.848. The van der Waals surface area contributed by atoms with Crippen LogP contribution < -0.4 is 0 Å². The number of allylic oxidation sites excluding steroid dienone is 1. The summed E-state index contributed by atoms with van der Waals surface area (Å²) < 4.78 is 35.8. The van der Waals surface area contributed by atoms with Crippen molar-refractivity contribution in [3.8, 4) is 0 Å². The molecule has 0 aromatic carbocycles. The van der Waals surface area contributed by atoms with E-state index in [9.17, 15) is 13.2 Å². The van der Waals surface area contributed by atoms with E-state index in [1.54, 1.807) is 6.92 Å². The zero-order valence-electron chi connectivity index (χ0n) is 6.07. The molecule has 0 atom stereocenters. The maximum absolute atomic E-state index is 11.9. The van der Waals surface area contributed by atoms with Crippen LogP contribution >= 0.6 is 0 Å². The minimum atomic E-state index is -4.19.